The Labute approximate surface area is 252 Å². The van der Waals surface area contributed by atoms with Gasteiger partial charge in [0, 0.05) is 36.1 Å². The van der Waals surface area contributed by atoms with Crippen molar-refractivity contribution in [1.29, 1.82) is 0 Å². The molecule has 1 heterocycles. The number of rotatable bonds is 14. The Bertz CT molecular complexity index is 1680. The molecule has 5 aromatic rings. The molecule has 0 bridgehead atoms. The first-order valence-electron chi connectivity index (χ1n) is 14.5. The topological polar surface area (TPSA) is 98.2 Å². The second-order valence-corrected chi connectivity index (χ2v) is 11.0. The number of carboxylic acid groups (broad SMARTS) is 1. The lowest BCUT2D eigenvalue weighted by atomic mass is 10.1. The molecule has 0 unspecified atom stereocenters. The maximum absolute atomic E-state index is 11.6. The van der Waals surface area contributed by atoms with Gasteiger partial charge in [0.25, 0.3) is 0 Å². The summed E-state index contributed by atoms with van der Waals surface area (Å²) in [5, 5.41) is 10.4. The van der Waals surface area contributed by atoms with Crippen LogP contribution in [0.1, 0.15) is 39.8 Å². The number of nitrogens with zero attached hydrogens (tertiary/aromatic N) is 1. The summed E-state index contributed by atoms with van der Waals surface area (Å²) in [6.07, 6.45) is 1.97. The molecule has 5 rings (SSSR count). The Hall–Kier alpha value is -4.59. The first-order valence-corrected chi connectivity index (χ1v) is 14.5. The number of carboxylic acids is 1. The number of aryl methyl sites for hydroxylation is 2. The number of aliphatic carboxylic acids is 1. The van der Waals surface area contributed by atoms with E-state index in [0.29, 0.717) is 39.3 Å². The van der Waals surface area contributed by atoms with Crippen LogP contribution in [-0.4, -0.2) is 28.6 Å². The fraction of sp³-hybridized carbons (Fsp3) is 0.250. The predicted molar refractivity (Wildman–Crippen MR) is 168 cm³/mol. The molecule has 0 aliphatic heterocycles. The van der Waals surface area contributed by atoms with Crippen LogP contribution in [0.4, 0.5) is 0 Å². The van der Waals surface area contributed by atoms with Gasteiger partial charge in [-0.1, -0.05) is 77.9 Å². The molecule has 7 heteroatoms. The zero-order chi connectivity index (χ0) is 30.2. The van der Waals surface area contributed by atoms with Crippen molar-refractivity contribution in [3.63, 3.8) is 0 Å². The summed E-state index contributed by atoms with van der Waals surface area (Å²) in [4.78, 5) is 13.8. The highest BCUT2D eigenvalue weighted by atomic mass is 16.5. The molecule has 7 nitrogen and oxygen atoms in total. The van der Waals surface area contributed by atoms with Crippen LogP contribution in [0.25, 0.3) is 11.0 Å². The zero-order valence-electron chi connectivity index (χ0n) is 24.7. The summed E-state index contributed by atoms with van der Waals surface area (Å²) in [6.45, 7) is 6.50. The van der Waals surface area contributed by atoms with Crippen molar-refractivity contribution in [2.45, 2.75) is 52.6 Å². The van der Waals surface area contributed by atoms with E-state index in [0.717, 1.165) is 44.7 Å². The minimum absolute atomic E-state index is 0.294. The second kappa shape index (κ2) is 14.1. The average Bonchev–Trinajstić information content (AvgIpc) is 3.48. The fourth-order valence-electron chi connectivity index (χ4n) is 5.21. The molecule has 4 aromatic carbocycles. The SMILES string of the molecule is Cc1cccc(COc2ccccc2CN(CC[C@H](N)C(=O)O)Cc2c(OCc3cccc(C)c3)ccc3occc23)c1. The van der Waals surface area contributed by atoms with E-state index in [9.17, 15) is 9.90 Å². The third-order valence-corrected chi connectivity index (χ3v) is 7.48. The van der Waals surface area contributed by atoms with Crippen LogP contribution in [0, 0.1) is 13.8 Å². The lowest BCUT2D eigenvalue weighted by Crippen LogP contribution is -2.35. The van der Waals surface area contributed by atoms with Gasteiger partial charge < -0.3 is 24.7 Å². The maximum atomic E-state index is 11.6. The van der Waals surface area contributed by atoms with E-state index in [2.05, 4.69) is 55.1 Å². The third-order valence-electron chi connectivity index (χ3n) is 7.48. The fourth-order valence-corrected chi connectivity index (χ4v) is 5.21. The van der Waals surface area contributed by atoms with E-state index in [1.54, 1.807) is 6.26 Å². The highest BCUT2D eigenvalue weighted by Crippen LogP contribution is 2.32. The van der Waals surface area contributed by atoms with Gasteiger partial charge in [-0.05, 0) is 55.7 Å². The van der Waals surface area contributed by atoms with Gasteiger partial charge in [-0.3, -0.25) is 9.69 Å². The molecule has 3 N–H and O–H groups in total. The quantitative estimate of drug-likeness (QED) is 0.146. The summed E-state index contributed by atoms with van der Waals surface area (Å²) < 4.78 is 18.4. The summed E-state index contributed by atoms with van der Waals surface area (Å²) in [5.41, 5.74) is 13.2. The first-order chi connectivity index (χ1) is 20.9. The van der Waals surface area contributed by atoms with Gasteiger partial charge in [-0.15, -0.1) is 0 Å². The van der Waals surface area contributed by atoms with Crippen molar-refractivity contribution < 1.29 is 23.8 Å². The van der Waals surface area contributed by atoms with E-state index in [1.807, 2.05) is 54.6 Å². The van der Waals surface area contributed by atoms with Crippen LogP contribution in [0.5, 0.6) is 11.5 Å². The van der Waals surface area contributed by atoms with Crippen LogP contribution in [0.3, 0.4) is 0 Å². The van der Waals surface area contributed by atoms with E-state index < -0.39 is 12.0 Å². The molecule has 1 aromatic heterocycles. The predicted octanol–water partition coefficient (Wildman–Crippen LogP) is 7.01. The standard InChI is InChI=1S/C36H38N2O5/c1-25-7-5-9-27(19-25)23-42-33-12-4-3-11-29(33)21-38(17-15-32(37)36(39)40)22-31-30-16-18-41-34(30)13-14-35(31)43-24-28-10-6-8-26(2)20-28/h3-14,16,18-20,32H,15,17,21-24,37H2,1-2H3,(H,39,40)/t32-/m0/s1. The Balaban J connectivity index is 1.41. The number of furan rings is 1. The van der Waals surface area contributed by atoms with Crippen LogP contribution >= 0.6 is 0 Å². The molecular formula is C36H38N2O5. The Morgan fingerprint density at radius 1 is 0.837 bits per heavy atom. The molecule has 43 heavy (non-hydrogen) atoms. The van der Waals surface area contributed by atoms with E-state index >= 15 is 0 Å². The number of para-hydroxylation sites is 1. The van der Waals surface area contributed by atoms with Crippen molar-refractivity contribution >= 4 is 16.9 Å². The Morgan fingerprint density at radius 2 is 1.51 bits per heavy atom. The maximum Gasteiger partial charge on any atom is 0.320 e. The number of fused-ring (bicyclic) bond motifs is 1. The first kappa shape index (κ1) is 29.9. The Morgan fingerprint density at radius 3 is 2.19 bits per heavy atom. The summed E-state index contributed by atoms with van der Waals surface area (Å²) in [7, 11) is 0. The largest absolute Gasteiger partial charge is 0.489 e. The van der Waals surface area contributed by atoms with E-state index in [-0.39, 0.29) is 0 Å². The van der Waals surface area contributed by atoms with Crippen LogP contribution in [-0.2, 0) is 31.1 Å². The van der Waals surface area contributed by atoms with Gasteiger partial charge in [0.1, 0.15) is 36.3 Å². The zero-order valence-corrected chi connectivity index (χ0v) is 24.7. The van der Waals surface area contributed by atoms with Gasteiger partial charge >= 0.3 is 5.97 Å². The molecule has 0 saturated heterocycles. The number of benzene rings is 4. The molecule has 0 aliphatic rings. The molecule has 0 spiro atoms. The van der Waals surface area contributed by atoms with E-state index in [4.69, 9.17) is 19.6 Å². The van der Waals surface area contributed by atoms with Gasteiger partial charge in [0.15, 0.2) is 0 Å². The highest BCUT2D eigenvalue weighted by molar-refractivity contribution is 5.83. The van der Waals surface area contributed by atoms with Crippen LogP contribution in [0.15, 0.2) is 102 Å². The van der Waals surface area contributed by atoms with Crippen molar-refractivity contribution in [3.8, 4) is 11.5 Å². The molecule has 0 amide bonds. The number of carbonyl (C=O) groups is 1. The molecule has 0 saturated carbocycles. The number of hydrogen-bond acceptors (Lipinski definition) is 6. The van der Waals surface area contributed by atoms with Crippen LogP contribution < -0.4 is 15.2 Å². The van der Waals surface area contributed by atoms with Gasteiger partial charge in [-0.2, -0.15) is 0 Å². The second-order valence-electron chi connectivity index (χ2n) is 11.0. The number of ether oxygens (including phenoxy) is 2. The molecule has 0 fully saturated rings. The minimum atomic E-state index is -1.01. The summed E-state index contributed by atoms with van der Waals surface area (Å²) in [5.74, 6) is 0.529. The molecular weight excluding hydrogens is 540 g/mol. The number of nitrogens with two attached hydrogens (primary N) is 1. The van der Waals surface area contributed by atoms with Crippen molar-refractivity contribution in [1.82, 2.24) is 4.90 Å². The lowest BCUT2D eigenvalue weighted by molar-refractivity contribution is -0.138. The Kier molecular flexibility index (Phi) is 9.77. The lowest BCUT2D eigenvalue weighted by Gasteiger charge is -2.26. The molecule has 0 radical (unpaired) electrons. The van der Waals surface area contributed by atoms with Crippen molar-refractivity contribution in [2.24, 2.45) is 5.73 Å². The van der Waals surface area contributed by atoms with Crippen molar-refractivity contribution in [3.05, 3.63) is 131 Å². The smallest absolute Gasteiger partial charge is 0.320 e. The molecule has 222 valence electrons. The molecule has 1 atom stereocenters. The van der Waals surface area contributed by atoms with Crippen LogP contribution in [0.2, 0.25) is 0 Å². The normalized spacial score (nSPS) is 12.0. The minimum Gasteiger partial charge on any atom is -0.489 e. The van der Waals surface area contributed by atoms with Gasteiger partial charge in [-0.25, -0.2) is 0 Å². The van der Waals surface area contributed by atoms with Crippen molar-refractivity contribution in [2.75, 3.05) is 6.54 Å². The summed E-state index contributed by atoms with van der Waals surface area (Å²) in [6, 6.07) is 29.3. The van der Waals surface area contributed by atoms with E-state index in [1.165, 1.54) is 11.1 Å². The van der Waals surface area contributed by atoms with Gasteiger partial charge in [0.05, 0.1) is 6.26 Å². The number of hydrogen-bond donors (Lipinski definition) is 2. The average molecular weight is 579 g/mol. The van der Waals surface area contributed by atoms with Gasteiger partial charge in [0.2, 0.25) is 0 Å². The molecule has 0 aliphatic carbocycles. The summed E-state index contributed by atoms with van der Waals surface area (Å²) >= 11 is 0. The monoisotopic (exact) mass is 578 g/mol. The third kappa shape index (κ3) is 8.03. The highest BCUT2D eigenvalue weighted by Gasteiger charge is 2.20.